The van der Waals surface area contributed by atoms with E-state index in [1.54, 1.807) is 11.3 Å². The van der Waals surface area contributed by atoms with E-state index in [1.807, 2.05) is 0 Å². The predicted octanol–water partition coefficient (Wildman–Crippen LogP) is 3.68. The van der Waals surface area contributed by atoms with Crippen LogP contribution >= 0.6 is 11.3 Å². The highest BCUT2D eigenvalue weighted by Gasteiger charge is 2.26. The smallest absolute Gasteiger partial charge is 0.223 e. The quantitative estimate of drug-likeness (QED) is 0.933. The van der Waals surface area contributed by atoms with Crippen molar-refractivity contribution in [3.8, 4) is 0 Å². The normalized spacial score (nSPS) is 16.4. The van der Waals surface area contributed by atoms with Gasteiger partial charge in [-0.05, 0) is 30.2 Å². The maximum Gasteiger partial charge on any atom is 0.223 e. The fourth-order valence-corrected chi connectivity index (χ4v) is 3.86. The molecule has 2 heterocycles. The number of hydrogen-bond acceptors (Lipinski definition) is 5. The lowest BCUT2D eigenvalue weighted by molar-refractivity contribution is 0.533. The number of nitrogens with two attached hydrogens (primary N) is 1. The highest BCUT2D eigenvalue weighted by Crippen LogP contribution is 2.34. The van der Waals surface area contributed by atoms with Crippen LogP contribution < -0.4 is 10.6 Å². The van der Waals surface area contributed by atoms with Gasteiger partial charge in [0.2, 0.25) is 5.95 Å². The molecule has 20 heavy (non-hydrogen) atoms. The van der Waals surface area contributed by atoms with E-state index in [2.05, 4.69) is 40.2 Å². The fourth-order valence-electron chi connectivity index (χ4n) is 3.09. The molecule has 0 unspecified atom stereocenters. The molecule has 0 aromatic carbocycles. The van der Waals surface area contributed by atoms with Crippen molar-refractivity contribution in [2.45, 2.75) is 45.6 Å². The van der Waals surface area contributed by atoms with Gasteiger partial charge in [0.25, 0.3) is 0 Å². The Morgan fingerprint density at radius 1 is 1.35 bits per heavy atom. The molecule has 4 nitrogen and oxygen atoms in total. The van der Waals surface area contributed by atoms with Crippen molar-refractivity contribution >= 4 is 33.3 Å². The Bertz CT molecular complexity index is 587. The third-order valence-electron chi connectivity index (χ3n) is 3.92. The van der Waals surface area contributed by atoms with E-state index in [-0.39, 0.29) is 0 Å². The summed E-state index contributed by atoms with van der Waals surface area (Å²) >= 11 is 1.64. The lowest BCUT2D eigenvalue weighted by atomic mass is 10.1. The summed E-state index contributed by atoms with van der Waals surface area (Å²) in [6.07, 6.45) is 5.18. The number of anilines is 2. The van der Waals surface area contributed by atoms with Crippen molar-refractivity contribution < 1.29 is 0 Å². The number of rotatable bonds is 4. The molecule has 2 N–H and O–H groups in total. The Hall–Kier alpha value is -1.36. The summed E-state index contributed by atoms with van der Waals surface area (Å²) in [5.74, 6) is 2.04. The maximum atomic E-state index is 5.91. The van der Waals surface area contributed by atoms with E-state index < -0.39 is 0 Å². The van der Waals surface area contributed by atoms with Crippen LogP contribution in [0, 0.1) is 5.92 Å². The number of fused-ring (bicyclic) bond motifs is 1. The summed E-state index contributed by atoms with van der Waals surface area (Å²) in [5, 5.41) is 3.22. The molecule has 1 fully saturated rings. The van der Waals surface area contributed by atoms with Gasteiger partial charge in [0, 0.05) is 12.6 Å². The first-order valence-corrected chi connectivity index (χ1v) is 8.30. The van der Waals surface area contributed by atoms with Crippen LogP contribution in [0.3, 0.4) is 0 Å². The second-order valence-corrected chi connectivity index (χ2v) is 6.92. The number of nitrogens with zero attached hydrogens (tertiary/aromatic N) is 3. The van der Waals surface area contributed by atoms with E-state index >= 15 is 0 Å². The molecule has 108 valence electrons. The van der Waals surface area contributed by atoms with E-state index in [4.69, 9.17) is 5.73 Å². The number of thiophene rings is 1. The Morgan fingerprint density at radius 2 is 2.10 bits per heavy atom. The molecule has 0 amide bonds. The molecule has 0 atom stereocenters. The molecular weight excluding hydrogens is 268 g/mol. The monoisotopic (exact) mass is 290 g/mol. The summed E-state index contributed by atoms with van der Waals surface area (Å²) in [6, 6.07) is 2.73. The Morgan fingerprint density at radius 3 is 2.80 bits per heavy atom. The summed E-state index contributed by atoms with van der Waals surface area (Å²) in [5.41, 5.74) is 5.91. The van der Waals surface area contributed by atoms with Gasteiger partial charge >= 0.3 is 0 Å². The van der Waals surface area contributed by atoms with Gasteiger partial charge in [0.15, 0.2) is 0 Å². The van der Waals surface area contributed by atoms with Crippen molar-refractivity contribution in [3.05, 3.63) is 11.4 Å². The molecule has 2 aromatic rings. The Kier molecular flexibility index (Phi) is 3.78. The SMILES string of the molecule is CC(C)CN(c1nc(N)nc2sccc12)C1CCCC1. The third-order valence-corrected chi connectivity index (χ3v) is 4.73. The number of nitrogen functional groups attached to an aromatic ring is 1. The fraction of sp³-hybridized carbons (Fsp3) is 0.600. The zero-order valence-corrected chi connectivity index (χ0v) is 13.0. The van der Waals surface area contributed by atoms with Crippen molar-refractivity contribution in [2.24, 2.45) is 5.92 Å². The highest BCUT2D eigenvalue weighted by molar-refractivity contribution is 7.16. The topological polar surface area (TPSA) is 55.0 Å². The first kappa shape index (κ1) is 13.6. The minimum atomic E-state index is 0.390. The van der Waals surface area contributed by atoms with Crippen LogP contribution in [-0.4, -0.2) is 22.6 Å². The summed E-state index contributed by atoms with van der Waals surface area (Å²) in [7, 11) is 0. The van der Waals surface area contributed by atoms with Crippen LogP contribution in [0.4, 0.5) is 11.8 Å². The zero-order valence-electron chi connectivity index (χ0n) is 12.2. The van der Waals surface area contributed by atoms with Gasteiger partial charge in [-0.25, -0.2) is 4.98 Å². The molecule has 3 rings (SSSR count). The Labute approximate surface area is 124 Å². The molecule has 0 spiro atoms. The molecule has 2 aromatic heterocycles. The second-order valence-electron chi connectivity index (χ2n) is 6.03. The average Bonchev–Trinajstić information content (AvgIpc) is 3.05. The van der Waals surface area contributed by atoms with Crippen molar-refractivity contribution in [2.75, 3.05) is 17.2 Å². The minimum Gasteiger partial charge on any atom is -0.368 e. The maximum absolute atomic E-state index is 5.91. The second kappa shape index (κ2) is 5.56. The predicted molar refractivity (Wildman–Crippen MR) is 86.3 cm³/mol. The van der Waals surface area contributed by atoms with Gasteiger partial charge in [-0.15, -0.1) is 11.3 Å². The third kappa shape index (κ3) is 2.59. The highest BCUT2D eigenvalue weighted by atomic mass is 32.1. The molecule has 1 saturated carbocycles. The van der Waals surface area contributed by atoms with Gasteiger partial charge in [-0.3, -0.25) is 0 Å². The first-order chi connectivity index (χ1) is 9.65. The van der Waals surface area contributed by atoms with Crippen LogP contribution in [0.2, 0.25) is 0 Å². The van der Waals surface area contributed by atoms with Gasteiger partial charge in [0.05, 0.1) is 5.39 Å². The van der Waals surface area contributed by atoms with E-state index in [9.17, 15) is 0 Å². The Balaban J connectivity index is 2.05. The molecule has 0 saturated heterocycles. The van der Waals surface area contributed by atoms with E-state index in [1.165, 1.54) is 25.7 Å². The van der Waals surface area contributed by atoms with E-state index in [0.29, 0.717) is 17.9 Å². The molecule has 0 bridgehead atoms. The van der Waals surface area contributed by atoms with Crippen molar-refractivity contribution in [1.29, 1.82) is 0 Å². The van der Waals surface area contributed by atoms with Crippen LogP contribution in [0.25, 0.3) is 10.2 Å². The minimum absolute atomic E-state index is 0.390. The number of aromatic nitrogens is 2. The molecule has 1 aliphatic carbocycles. The molecule has 0 aliphatic heterocycles. The van der Waals surface area contributed by atoms with Gasteiger partial charge < -0.3 is 10.6 Å². The lowest BCUT2D eigenvalue weighted by Crippen LogP contribution is -2.37. The van der Waals surface area contributed by atoms with Crippen LogP contribution in [-0.2, 0) is 0 Å². The largest absolute Gasteiger partial charge is 0.368 e. The molecular formula is C15H22N4S. The molecule has 0 radical (unpaired) electrons. The van der Waals surface area contributed by atoms with Crippen molar-refractivity contribution in [1.82, 2.24) is 9.97 Å². The molecule has 1 aliphatic rings. The van der Waals surface area contributed by atoms with Crippen LogP contribution in [0.5, 0.6) is 0 Å². The molecule has 5 heteroatoms. The summed E-state index contributed by atoms with van der Waals surface area (Å²) in [4.78, 5) is 12.4. The zero-order chi connectivity index (χ0) is 14.1. The van der Waals surface area contributed by atoms with Gasteiger partial charge in [0.1, 0.15) is 10.6 Å². The number of hydrogen-bond donors (Lipinski definition) is 1. The van der Waals surface area contributed by atoms with Gasteiger partial charge in [-0.2, -0.15) is 4.98 Å². The van der Waals surface area contributed by atoms with Crippen molar-refractivity contribution in [3.63, 3.8) is 0 Å². The van der Waals surface area contributed by atoms with Crippen LogP contribution in [0.1, 0.15) is 39.5 Å². The lowest BCUT2D eigenvalue weighted by Gasteiger charge is -2.32. The summed E-state index contributed by atoms with van der Waals surface area (Å²) < 4.78 is 0. The van der Waals surface area contributed by atoms with E-state index in [0.717, 1.165) is 22.6 Å². The van der Waals surface area contributed by atoms with Gasteiger partial charge in [-0.1, -0.05) is 26.7 Å². The average molecular weight is 290 g/mol. The first-order valence-electron chi connectivity index (χ1n) is 7.42. The summed E-state index contributed by atoms with van der Waals surface area (Å²) in [6.45, 7) is 5.56. The van der Waals surface area contributed by atoms with Crippen LogP contribution in [0.15, 0.2) is 11.4 Å². The standard InChI is InChI=1S/C15H22N4S/c1-10(2)9-19(11-5-3-4-6-11)13-12-7-8-20-14(12)18-15(16)17-13/h7-8,10-11H,3-6,9H2,1-2H3,(H2,16,17,18).